The van der Waals surface area contributed by atoms with E-state index < -0.39 is 6.16 Å². The summed E-state index contributed by atoms with van der Waals surface area (Å²) in [5.41, 5.74) is 0. The molecule has 84 valence electrons. The van der Waals surface area contributed by atoms with E-state index in [1.54, 1.807) is 0 Å². The van der Waals surface area contributed by atoms with E-state index in [-0.39, 0.29) is 26.4 Å². The van der Waals surface area contributed by atoms with Crippen molar-refractivity contribution in [3.8, 4) is 0 Å². The monoisotopic (exact) mass is 206 g/mol. The van der Waals surface area contributed by atoms with Gasteiger partial charge in [0.25, 0.3) is 0 Å². The Balaban J connectivity index is 3.10. The van der Waals surface area contributed by atoms with Gasteiger partial charge in [-0.05, 0) is 6.42 Å². The van der Waals surface area contributed by atoms with Crippen LogP contribution in [0.25, 0.3) is 0 Å². The van der Waals surface area contributed by atoms with Crippen LogP contribution in [0.4, 0.5) is 4.79 Å². The summed E-state index contributed by atoms with van der Waals surface area (Å²) in [5, 5.41) is 8.36. The van der Waals surface area contributed by atoms with E-state index in [1.165, 1.54) is 0 Å². The molecule has 5 heteroatoms. The minimum atomic E-state index is -0.661. The van der Waals surface area contributed by atoms with Gasteiger partial charge in [-0.15, -0.1) is 0 Å². The van der Waals surface area contributed by atoms with Crippen LogP contribution in [-0.2, 0) is 14.2 Å². The lowest BCUT2D eigenvalue weighted by atomic mass is 10.4. The molecule has 5 nitrogen and oxygen atoms in total. The molecule has 0 aromatic carbocycles. The molecule has 0 amide bonds. The van der Waals surface area contributed by atoms with Crippen molar-refractivity contribution >= 4 is 6.16 Å². The Hall–Kier alpha value is -0.810. The molecule has 0 aliphatic heterocycles. The van der Waals surface area contributed by atoms with Gasteiger partial charge in [-0.3, -0.25) is 0 Å². The van der Waals surface area contributed by atoms with Crippen LogP contribution in [0.5, 0.6) is 0 Å². The van der Waals surface area contributed by atoms with E-state index in [0.717, 1.165) is 12.8 Å². The van der Waals surface area contributed by atoms with Crippen molar-refractivity contribution in [2.45, 2.75) is 19.8 Å². The zero-order valence-corrected chi connectivity index (χ0v) is 8.53. The quantitative estimate of drug-likeness (QED) is 0.473. The van der Waals surface area contributed by atoms with Crippen molar-refractivity contribution < 1.29 is 24.1 Å². The van der Waals surface area contributed by atoms with Gasteiger partial charge in [0.2, 0.25) is 0 Å². The predicted molar refractivity (Wildman–Crippen MR) is 50.1 cm³/mol. The molecule has 0 rings (SSSR count). The summed E-state index contributed by atoms with van der Waals surface area (Å²) in [6, 6.07) is 0. The highest BCUT2D eigenvalue weighted by atomic mass is 16.7. The van der Waals surface area contributed by atoms with Crippen LogP contribution >= 0.6 is 0 Å². The van der Waals surface area contributed by atoms with Gasteiger partial charge in [0, 0.05) is 0 Å². The van der Waals surface area contributed by atoms with Crippen molar-refractivity contribution in [2.24, 2.45) is 0 Å². The number of rotatable bonds is 8. The maximum Gasteiger partial charge on any atom is 0.508 e. The summed E-state index contributed by atoms with van der Waals surface area (Å²) in [7, 11) is 0. The van der Waals surface area contributed by atoms with Crippen LogP contribution in [0.3, 0.4) is 0 Å². The molecule has 0 aliphatic carbocycles. The second-order valence-corrected chi connectivity index (χ2v) is 2.64. The standard InChI is InChI=1S/C9H18O5/c1-2-3-5-13-9(11)14-8-7-12-6-4-10/h10H,2-8H2,1H3. The van der Waals surface area contributed by atoms with Crippen LogP contribution in [0.15, 0.2) is 0 Å². The summed E-state index contributed by atoms with van der Waals surface area (Å²) < 4.78 is 14.3. The van der Waals surface area contributed by atoms with E-state index in [9.17, 15) is 4.79 Å². The molecule has 1 N–H and O–H groups in total. The Morgan fingerprint density at radius 2 is 1.86 bits per heavy atom. The molecule has 0 aliphatic rings. The molecule has 0 spiro atoms. The third kappa shape index (κ3) is 9.28. The molecule has 0 saturated heterocycles. The Kier molecular flexibility index (Phi) is 9.68. The largest absolute Gasteiger partial charge is 0.508 e. The van der Waals surface area contributed by atoms with Crippen molar-refractivity contribution in [1.29, 1.82) is 0 Å². The minimum Gasteiger partial charge on any atom is -0.434 e. The predicted octanol–water partition coefficient (Wildman–Crippen LogP) is 0.949. The highest BCUT2D eigenvalue weighted by molar-refractivity contribution is 5.59. The normalized spacial score (nSPS) is 9.86. The topological polar surface area (TPSA) is 65.0 Å². The first-order valence-electron chi connectivity index (χ1n) is 4.79. The fraction of sp³-hybridized carbons (Fsp3) is 0.889. The number of unbranched alkanes of at least 4 members (excludes halogenated alkanes) is 1. The second kappa shape index (κ2) is 10.3. The summed E-state index contributed by atoms with van der Waals surface area (Å²) in [6.07, 6.45) is 1.16. The van der Waals surface area contributed by atoms with Crippen LogP contribution in [0.2, 0.25) is 0 Å². The van der Waals surface area contributed by atoms with Crippen molar-refractivity contribution in [1.82, 2.24) is 0 Å². The molecule has 0 saturated carbocycles. The zero-order valence-electron chi connectivity index (χ0n) is 8.53. The van der Waals surface area contributed by atoms with Gasteiger partial charge in [0.05, 0.1) is 26.4 Å². The fourth-order valence-corrected chi connectivity index (χ4v) is 0.692. The molecule has 0 aromatic rings. The average Bonchev–Trinajstić information content (AvgIpc) is 2.18. The number of hydrogen-bond acceptors (Lipinski definition) is 5. The Bertz CT molecular complexity index is 137. The average molecular weight is 206 g/mol. The zero-order chi connectivity index (χ0) is 10.6. The van der Waals surface area contributed by atoms with Crippen LogP contribution < -0.4 is 0 Å². The molecular formula is C9H18O5. The van der Waals surface area contributed by atoms with Crippen molar-refractivity contribution in [3.63, 3.8) is 0 Å². The number of carbonyl (C=O) groups is 1. The Morgan fingerprint density at radius 1 is 1.14 bits per heavy atom. The lowest BCUT2D eigenvalue weighted by Gasteiger charge is -2.05. The molecule has 0 radical (unpaired) electrons. The first kappa shape index (κ1) is 13.2. The number of carbonyl (C=O) groups excluding carboxylic acids is 1. The Morgan fingerprint density at radius 3 is 2.50 bits per heavy atom. The maximum atomic E-state index is 10.8. The van der Waals surface area contributed by atoms with Gasteiger partial charge in [-0.1, -0.05) is 13.3 Å². The van der Waals surface area contributed by atoms with E-state index in [0.29, 0.717) is 6.61 Å². The smallest absolute Gasteiger partial charge is 0.434 e. The van der Waals surface area contributed by atoms with E-state index in [4.69, 9.17) is 14.6 Å². The molecule has 0 fully saturated rings. The lowest BCUT2D eigenvalue weighted by molar-refractivity contribution is 0.0198. The third-order valence-corrected chi connectivity index (χ3v) is 1.40. The first-order chi connectivity index (χ1) is 6.81. The fourth-order valence-electron chi connectivity index (χ4n) is 0.692. The summed E-state index contributed by atoms with van der Waals surface area (Å²) in [5.74, 6) is 0. The van der Waals surface area contributed by atoms with Crippen molar-refractivity contribution in [3.05, 3.63) is 0 Å². The first-order valence-corrected chi connectivity index (χ1v) is 4.79. The molecule has 0 bridgehead atoms. The van der Waals surface area contributed by atoms with Gasteiger partial charge in [0.1, 0.15) is 6.61 Å². The Labute approximate surface area is 84.0 Å². The molecular weight excluding hydrogens is 188 g/mol. The van der Waals surface area contributed by atoms with Crippen LogP contribution in [0, 0.1) is 0 Å². The molecule has 0 heterocycles. The molecule has 14 heavy (non-hydrogen) atoms. The van der Waals surface area contributed by atoms with Crippen LogP contribution in [0.1, 0.15) is 19.8 Å². The van der Waals surface area contributed by atoms with Gasteiger partial charge in [0.15, 0.2) is 0 Å². The molecule has 0 unspecified atom stereocenters. The molecule has 0 aromatic heterocycles. The van der Waals surface area contributed by atoms with E-state index in [1.807, 2.05) is 6.92 Å². The van der Waals surface area contributed by atoms with Gasteiger partial charge >= 0.3 is 6.16 Å². The summed E-state index contributed by atoms with van der Waals surface area (Å²) in [6.45, 7) is 3.08. The minimum absolute atomic E-state index is 0.0268. The van der Waals surface area contributed by atoms with Crippen molar-refractivity contribution in [2.75, 3.05) is 33.0 Å². The number of aliphatic hydroxyl groups excluding tert-OH is 1. The lowest BCUT2D eigenvalue weighted by Crippen LogP contribution is -2.13. The van der Waals surface area contributed by atoms with E-state index in [2.05, 4.69) is 4.74 Å². The third-order valence-electron chi connectivity index (χ3n) is 1.40. The maximum absolute atomic E-state index is 10.8. The molecule has 0 atom stereocenters. The van der Waals surface area contributed by atoms with E-state index >= 15 is 0 Å². The van der Waals surface area contributed by atoms with Gasteiger partial charge < -0.3 is 19.3 Å². The SMILES string of the molecule is CCCCOC(=O)OCCOCCO. The number of hydrogen-bond donors (Lipinski definition) is 1. The van der Waals surface area contributed by atoms with Gasteiger partial charge in [-0.2, -0.15) is 0 Å². The summed E-state index contributed by atoms with van der Waals surface area (Å²) >= 11 is 0. The highest BCUT2D eigenvalue weighted by Gasteiger charge is 2.01. The van der Waals surface area contributed by atoms with Crippen LogP contribution in [-0.4, -0.2) is 44.3 Å². The van der Waals surface area contributed by atoms with Gasteiger partial charge in [-0.25, -0.2) is 4.79 Å². The number of aliphatic hydroxyl groups is 1. The highest BCUT2D eigenvalue weighted by Crippen LogP contribution is 1.91. The summed E-state index contributed by atoms with van der Waals surface area (Å²) in [4.78, 5) is 10.8. The number of ether oxygens (including phenoxy) is 3. The second-order valence-electron chi connectivity index (χ2n) is 2.64.